The highest BCUT2D eigenvalue weighted by molar-refractivity contribution is 6.34. The van der Waals surface area contributed by atoms with E-state index in [4.69, 9.17) is 27.9 Å². The summed E-state index contributed by atoms with van der Waals surface area (Å²) in [6.07, 6.45) is 7.95. The Labute approximate surface area is 225 Å². The number of fused-ring (bicyclic) bond motifs is 2. The van der Waals surface area contributed by atoms with E-state index in [0.29, 0.717) is 39.6 Å². The fourth-order valence-electron chi connectivity index (χ4n) is 4.84. The summed E-state index contributed by atoms with van der Waals surface area (Å²) in [5, 5.41) is 18.3. The molecule has 10 nitrogen and oxygen atoms in total. The fourth-order valence-corrected chi connectivity index (χ4v) is 5.29. The van der Waals surface area contributed by atoms with Crippen LogP contribution in [-0.4, -0.2) is 55.0 Å². The van der Waals surface area contributed by atoms with Crippen molar-refractivity contribution in [1.82, 2.24) is 24.7 Å². The predicted molar refractivity (Wildman–Crippen MR) is 144 cm³/mol. The Morgan fingerprint density at radius 3 is 2.87 bits per heavy atom. The standard InChI is InChI=1S/C26H20Cl2N6O4/c27-18-4-1-5-29-25(18)38-13-15-3-2-6-33(15)22-9-21-16(8-19(22)28)24(35)17(26(36)37)12-34(21)23-7-14-10-31-32-20(14)11-30-23/h1,4-5,7-12,15H,2-3,6,13H2,(H,31,32)(H,36,37)/t15-/m1/s1. The van der Waals surface area contributed by atoms with Crippen molar-refractivity contribution in [1.29, 1.82) is 0 Å². The van der Waals surface area contributed by atoms with Crippen molar-refractivity contribution in [3.63, 3.8) is 0 Å². The van der Waals surface area contributed by atoms with Crippen LogP contribution >= 0.6 is 23.2 Å². The molecule has 5 aromatic rings. The van der Waals surface area contributed by atoms with Crippen LogP contribution in [0.1, 0.15) is 23.2 Å². The van der Waals surface area contributed by atoms with E-state index in [9.17, 15) is 14.7 Å². The number of hydrogen-bond acceptors (Lipinski definition) is 7. The minimum absolute atomic E-state index is 0.0121. The van der Waals surface area contributed by atoms with E-state index < -0.39 is 11.4 Å². The summed E-state index contributed by atoms with van der Waals surface area (Å²) < 4.78 is 7.52. The molecule has 1 aliphatic heterocycles. The van der Waals surface area contributed by atoms with Gasteiger partial charge >= 0.3 is 5.97 Å². The Balaban J connectivity index is 1.46. The second kappa shape index (κ2) is 9.62. The number of rotatable bonds is 6. The topological polar surface area (TPSA) is 126 Å². The molecule has 2 N–H and O–H groups in total. The normalized spacial score (nSPS) is 15.4. The maximum absolute atomic E-state index is 13.1. The van der Waals surface area contributed by atoms with Gasteiger partial charge in [-0.3, -0.25) is 14.5 Å². The van der Waals surface area contributed by atoms with Gasteiger partial charge in [-0.2, -0.15) is 5.10 Å². The van der Waals surface area contributed by atoms with Crippen molar-refractivity contribution in [3.05, 3.63) is 81.0 Å². The highest BCUT2D eigenvalue weighted by Crippen LogP contribution is 2.36. The largest absolute Gasteiger partial charge is 0.477 e. The van der Waals surface area contributed by atoms with Crippen LogP contribution in [0.3, 0.4) is 0 Å². The molecule has 0 radical (unpaired) electrons. The summed E-state index contributed by atoms with van der Waals surface area (Å²) in [6.45, 7) is 1.07. The lowest BCUT2D eigenvalue weighted by Crippen LogP contribution is -2.34. The molecular formula is C26H20Cl2N6O4. The van der Waals surface area contributed by atoms with E-state index >= 15 is 0 Å². The Morgan fingerprint density at radius 2 is 2.05 bits per heavy atom. The first-order valence-electron chi connectivity index (χ1n) is 11.8. The van der Waals surface area contributed by atoms with E-state index in [1.54, 1.807) is 47.4 Å². The molecule has 1 saturated heterocycles. The number of aromatic amines is 1. The van der Waals surface area contributed by atoms with Crippen molar-refractivity contribution in [2.24, 2.45) is 0 Å². The fraction of sp³-hybridized carbons (Fsp3) is 0.192. The summed E-state index contributed by atoms with van der Waals surface area (Å²) >= 11 is 12.9. The van der Waals surface area contributed by atoms with Crippen LogP contribution < -0.4 is 15.1 Å². The third-order valence-electron chi connectivity index (χ3n) is 6.68. The summed E-state index contributed by atoms with van der Waals surface area (Å²) in [6, 6.07) is 8.54. The monoisotopic (exact) mass is 550 g/mol. The van der Waals surface area contributed by atoms with Gasteiger partial charge in [0, 0.05) is 29.7 Å². The van der Waals surface area contributed by atoms with Crippen molar-refractivity contribution in [3.8, 4) is 11.7 Å². The molecule has 0 bridgehead atoms. The molecule has 1 atom stereocenters. The number of nitrogens with zero attached hydrogens (tertiary/aromatic N) is 5. The second-order valence-electron chi connectivity index (χ2n) is 8.96. The zero-order valence-corrected chi connectivity index (χ0v) is 21.3. The number of H-pyrrole nitrogens is 1. The molecule has 1 fully saturated rings. The Morgan fingerprint density at radius 1 is 1.18 bits per heavy atom. The summed E-state index contributed by atoms with van der Waals surface area (Å²) in [7, 11) is 0. The Hall–Kier alpha value is -4.15. The van der Waals surface area contributed by atoms with Crippen molar-refractivity contribution in [2.45, 2.75) is 18.9 Å². The van der Waals surface area contributed by atoms with Crippen molar-refractivity contribution >= 4 is 56.7 Å². The van der Waals surface area contributed by atoms with Gasteiger partial charge in [0.2, 0.25) is 11.3 Å². The van der Waals surface area contributed by atoms with Gasteiger partial charge in [-0.05, 0) is 43.2 Å². The number of aromatic carboxylic acids is 1. The molecule has 5 heterocycles. The van der Waals surface area contributed by atoms with Crippen molar-refractivity contribution < 1.29 is 14.6 Å². The highest BCUT2D eigenvalue weighted by atomic mass is 35.5. The van der Waals surface area contributed by atoms with Crippen LogP contribution in [0, 0.1) is 0 Å². The number of anilines is 1. The van der Waals surface area contributed by atoms with Gasteiger partial charge in [0.1, 0.15) is 23.0 Å². The molecule has 0 spiro atoms. The third-order valence-corrected chi connectivity index (χ3v) is 7.27. The van der Waals surface area contributed by atoms with Gasteiger partial charge in [0.15, 0.2) is 0 Å². The molecule has 0 aliphatic carbocycles. The van der Waals surface area contributed by atoms with E-state index in [1.165, 1.54) is 12.3 Å². The Bertz CT molecular complexity index is 1770. The molecule has 0 unspecified atom stereocenters. The van der Waals surface area contributed by atoms with E-state index in [2.05, 4.69) is 25.1 Å². The number of aromatic nitrogens is 5. The van der Waals surface area contributed by atoms with E-state index in [1.807, 2.05) is 0 Å². The SMILES string of the molecule is O=C(O)c1cn(-c2cc3cn[nH]c3cn2)c2cc(N3CCC[C@@H]3COc3ncccc3Cl)c(Cl)cc2c1=O. The van der Waals surface area contributed by atoms with Crippen molar-refractivity contribution in [2.75, 3.05) is 18.1 Å². The number of ether oxygens (including phenoxy) is 1. The second-order valence-corrected chi connectivity index (χ2v) is 9.77. The van der Waals surface area contributed by atoms with Crippen LogP contribution in [0.4, 0.5) is 5.69 Å². The van der Waals surface area contributed by atoms with E-state index in [-0.39, 0.29) is 17.0 Å². The Kier molecular flexibility index (Phi) is 6.13. The molecule has 0 saturated carbocycles. The molecule has 0 amide bonds. The zero-order chi connectivity index (χ0) is 26.4. The smallest absolute Gasteiger partial charge is 0.341 e. The molecular weight excluding hydrogens is 531 g/mol. The third kappa shape index (κ3) is 4.21. The molecule has 4 aromatic heterocycles. The number of carboxylic acids is 1. The highest BCUT2D eigenvalue weighted by Gasteiger charge is 2.29. The molecule has 38 heavy (non-hydrogen) atoms. The summed E-state index contributed by atoms with van der Waals surface area (Å²) in [5.74, 6) is -0.535. The van der Waals surface area contributed by atoms with Crippen LogP contribution in [-0.2, 0) is 0 Å². The number of carboxylic acid groups (broad SMARTS) is 1. The van der Waals surface area contributed by atoms with Gasteiger partial charge in [-0.15, -0.1) is 0 Å². The average molecular weight is 551 g/mol. The lowest BCUT2D eigenvalue weighted by atomic mass is 10.1. The number of nitrogens with one attached hydrogen (secondary N) is 1. The van der Waals surface area contributed by atoms with Gasteiger partial charge in [-0.1, -0.05) is 23.2 Å². The van der Waals surface area contributed by atoms with Crippen LogP contribution in [0.15, 0.2) is 59.9 Å². The predicted octanol–water partition coefficient (Wildman–Crippen LogP) is 4.71. The molecule has 1 aromatic carbocycles. The molecule has 1 aliphatic rings. The van der Waals surface area contributed by atoms with Crippen LogP contribution in [0.25, 0.3) is 27.6 Å². The average Bonchev–Trinajstić information content (AvgIpc) is 3.57. The van der Waals surface area contributed by atoms with Gasteiger partial charge < -0.3 is 14.7 Å². The zero-order valence-electron chi connectivity index (χ0n) is 19.8. The first-order chi connectivity index (χ1) is 18.4. The quantitative estimate of drug-likeness (QED) is 0.311. The number of pyridine rings is 3. The van der Waals surface area contributed by atoms with Gasteiger partial charge in [0.05, 0.1) is 40.2 Å². The minimum atomic E-state index is -1.33. The van der Waals surface area contributed by atoms with Gasteiger partial charge in [0.25, 0.3) is 0 Å². The number of carbonyl (C=O) groups is 1. The lowest BCUT2D eigenvalue weighted by molar-refractivity contribution is 0.0695. The first kappa shape index (κ1) is 24.2. The summed E-state index contributed by atoms with van der Waals surface area (Å²) in [5.41, 5.74) is 0.920. The summed E-state index contributed by atoms with van der Waals surface area (Å²) in [4.78, 5) is 35.8. The maximum atomic E-state index is 13.1. The number of hydrogen-bond donors (Lipinski definition) is 2. The molecule has 12 heteroatoms. The maximum Gasteiger partial charge on any atom is 0.341 e. The van der Waals surface area contributed by atoms with Crippen LogP contribution in [0.2, 0.25) is 10.0 Å². The first-order valence-corrected chi connectivity index (χ1v) is 12.6. The number of benzene rings is 1. The molecule has 192 valence electrons. The van der Waals surface area contributed by atoms with E-state index in [0.717, 1.165) is 30.3 Å². The number of halogens is 2. The minimum Gasteiger partial charge on any atom is -0.477 e. The lowest BCUT2D eigenvalue weighted by Gasteiger charge is -2.28. The van der Waals surface area contributed by atoms with Gasteiger partial charge in [-0.25, -0.2) is 14.8 Å². The van der Waals surface area contributed by atoms with Crippen LogP contribution in [0.5, 0.6) is 5.88 Å². The molecule has 6 rings (SSSR count).